The van der Waals surface area contributed by atoms with Gasteiger partial charge < -0.3 is 10.2 Å². The zero-order valence-electron chi connectivity index (χ0n) is 13.3. The number of likely N-dealkylation sites (N-methyl/N-ethyl adjacent to an activating group) is 1. The van der Waals surface area contributed by atoms with E-state index in [0.717, 1.165) is 25.9 Å². The van der Waals surface area contributed by atoms with Crippen LogP contribution in [0, 0.1) is 6.92 Å². The molecular formula is C16H22N4O2. The summed E-state index contributed by atoms with van der Waals surface area (Å²) < 4.78 is 1.65. The van der Waals surface area contributed by atoms with Crippen molar-refractivity contribution < 1.29 is 9.59 Å². The maximum Gasteiger partial charge on any atom is 0.255 e. The van der Waals surface area contributed by atoms with E-state index in [-0.39, 0.29) is 5.91 Å². The molecule has 0 spiro atoms. The van der Waals surface area contributed by atoms with E-state index >= 15 is 0 Å². The standard InChI is InChI=1S/C16H22N4O2/c1-4-19(5-2)10-8-17-16(22)13-7-6-9-20-14(11-21)12(3)18-15(13)20/h6-7,9,11H,4-5,8,10H2,1-3H3,(H,17,22). The average molecular weight is 302 g/mol. The number of nitrogens with zero attached hydrogens (tertiary/aromatic N) is 3. The van der Waals surface area contributed by atoms with Gasteiger partial charge in [0.1, 0.15) is 11.3 Å². The zero-order valence-corrected chi connectivity index (χ0v) is 13.3. The van der Waals surface area contributed by atoms with Gasteiger partial charge in [0.2, 0.25) is 0 Å². The van der Waals surface area contributed by atoms with Crippen molar-refractivity contribution in [2.75, 3.05) is 26.2 Å². The number of hydrogen-bond donors (Lipinski definition) is 1. The molecule has 0 atom stereocenters. The van der Waals surface area contributed by atoms with Crippen LogP contribution in [-0.2, 0) is 0 Å². The lowest BCUT2D eigenvalue weighted by Gasteiger charge is -2.18. The lowest BCUT2D eigenvalue weighted by atomic mass is 10.2. The van der Waals surface area contributed by atoms with Crippen molar-refractivity contribution in [2.45, 2.75) is 20.8 Å². The minimum absolute atomic E-state index is 0.166. The van der Waals surface area contributed by atoms with E-state index < -0.39 is 0 Å². The summed E-state index contributed by atoms with van der Waals surface area (Å²) in [5.74, 6) is -0.166. The molecule has 0 aliphatic carbocycles. The summed E-state index contributed by atoms with van der Waals surface area (Å²) in [6.07, 6.45) is 2.50. The summed E-state index contributed by atoms with van der Waals surface area (Å²) in [5.41, 5.74) is 2.10. The van der Waals surface area contributed by atoms with E-state index in [1.807, 2.05) is 0 Å². The van der Waals surface area contributed by atoms with Gasteiger partial charge in [0.05, 0.1) is 11.3 Å². The molecule has 0 radical (unpaired) electrons. The molecule has 6 heteroatoms. The average Bonchev–Trinajstić information content (AvgIpc) is 2.86. The Morgan fingerprint density at radius 3 is 2.77 bits per heavy atom. The molecule has 22 heavy (non-hydrogen) atoms. The normalized spacial score (nSPS) is 11.1. The Bertz CT molecular complexity index is 674. The maximum atomic E-state index is 12.4. The molecule has 2 aromatic heterocycles. The summed E-state index contributed by atoms with van der Waals surface area (Å²) in [7, 11) is 0. The second-order valence-electron chi connectivity index (χ2n) is 5.10. The van der Waals surface area contributed by atoms with Crippen molar-refractivity contribution in [3.8, 4) is 0 Å². The Hall–Kier alpha value is -2.21. The lowest BCUT2D eigenvalue weighted by Crippen LogP contribution is -2.35. The monoisotopic (exact) mass is 302 g/mol. The van der Waals surface area contributed by atoms with Crippen molar-refractivity contribution in [3.63, 3.8) is 0 Å². The second-order valence-corrected chi connectivity index (χ2v) is 5.10. The highest BCUT2D eigenvalue weighted by molar-refractivity contribution is 6.00. The third kappa shape index (κ3) is 3.17. The molecule has 1 N–H and O–H groups in total. The number of carbonyl (C=O) groups excluding carboxylic acids is 2. The molecule has 2 rings (SSSR count). The van der Waals surface area contributed by atoms with E-state index in [0.29, 0.717) is 29.1 Å². The molecule has 0 aliphatic rings. The Morgan fingerprint density at radius 1 is 1.41 bits per heavy atom. The molecule has 2 aromatic rings. The molecule has 2 heterocycles. The van der Waals surface area contributed by atoms with Gasteiger partial charge in [-0.2, -0.15) is 0 Å². The Kier molecular flexibility index (Phi) is 5.27. The topological polar surface area (TPSA) is 66.7 Å². The van der Waals surface area contributed by atoms with Crippen LogP contribution in [0.3, 0.4) is 0 Å². The van der Waals surface area contributed by atoms with Crippen LogP contribution >= 0.6 is 0 Å². The van der Waals surface area contributed by atoms with Crippen LogP contribution < -0.4 is 5.32 Å². The van der Waals surface area contributed by atoms with Crippen LogP contribution in [0.5, 0.6) is 0 Å². The first-order valence-corrected chi connectivity index (χ1v) is 7.55. The van der Waals surface area contributed by atoms with Crippen molar-refractivity contribution in [1.82, 2.24) is 19.6 Å². The van der Waals surface area contributed by atoms with Gasteiger partial charge in [-0.05, 0) is 32.1 Å². The van der Waals surface area contributed by atoms with E-state index in [9.17, 15) is 9.59 Å². The number of amides is 1. The predicted molar refractivity (Wildman–Crippen MR) is 85.4 cm³/mol. The number of rotatable bonds is 7. The fourth-order valence-corrected chi connectivity index (χ4v) is 2.48. The van der Waals surface area contributed by atoms with Crippen LogP contribution in [0.1, 0.15) is 40.4 Å². The smallest absolute Gasteiger partial charge is 0.255 e. The first kappa shape index (κ1) is 16.2. The van der Waals surface area contributed by atoms with Gasteiger partial charge in [-0.15, -0.1) is 0 Å². The van der Waals surface area contributed by atoms with Crippen molar-refractivity contribution in [3.05, 3.63) is 35.3 Å². The molecule has 0 aromatic carbocycles. The summed E-state index contributed by atoms with van der Waals surface area (Å²) in [6, 6.07) is 3.48. The number of aromatic nitrogens is 2. The molecular weight excluding hydrogens is 280 g/mol. The molecule has 1 amide bonds. The van der Waals surface area contributed by atoms with Crippen molar-refractivity contribution >= 4 is 17.8 Å². The maximum absolute atomic E-state index is 12.4. The molecule has 6 nitrogen and oxygen atoms in total. The van der Waals surface area contributed by atoms with E-state index in [2.05, 4.69) is 29.0 Å². The van der Waals surface area contributed by atoms with Gasteiger partial charge in [0.25, 0.3) is 5.91 Å². The quantitative estimate of drug-likeness (QED) is 0.788. The SMILES string of the molecule is CCN(CC)CCNC(=O)c1cccn2c(C=O)c(C)nc12. The van der Waals surface area contributed by atoms with Gasteiger partial charge in [0.15, 0.2) is 6.29 Å². The van der Waals surface area contributed by atoms with Gasteiger partial charge >= 0.3 is 0 Å². The molecule has 0 fully saturated rings. The van der Waals surface area contributed by atoms with E-state index in [1.165, 1.54) is 0 Å². The van der Waals surface area contributed by atoms with Gasteiger partial charge in [0, 0.05) is 19.3 Å². The van der Waals surface area contributed by atoms with Crippen LogP contribution in [0.15, 0.2) is 18.3 Å². The number of pyridine rings is 1. The number of aldehydes is 1. The predicted octanol–water partition coefficient (Wildman–Crippen LogP) is 1.53. The number of fused-ring (bicyclic) bond motifs is 1. The lowest BCUT2D eigenvalue weighted by molar-refractivity contribution is 0.0949. The molecule has 0 saturated carbocycles. The van der Waals surface area contributed by atoms with Crippen LogP contribution in [0.2, 0.25) is 0 Å². The Morgan fingerprint density at radius 2 is 2.14 bits per heavy atom. The fourth-order valence-electron chi connectivity index (χ4n) is 2.48. The number of imidazole rings is 1. The minimum atomic E-state index is -0.166. The summed E-state index contributed by atoms with van der Waals surface area (Å²) in [4.78, 5) is 30.1. The first-order valence-electron chi connectivity index (χ1n) is 7.55. The molecule has 0 unspecified atom stereocenters. The summed E-state index contributed by atoms with van der Waals surface area (Å²) >= 11 is 0. The fraction of sp³-hybridized carbons (Fsp3) is 0.438. The molecule has 0 saturated heterocycles. The van der Waals surface area contributed by atoms with Crippen LogP contribution in [0.25, 0.3) is 5.65 Å². The summed E-state index contributed by atoms with van der Waals surface area (Å²) in [6.45, 7) is 9.28. The Balaban J connectivity index is 2.17. The largest absolute Gasteiger partial charge is 0.351 e. The van der Waals surface area contributed by atoms with Crippen molar-refractivity contribution in [2.24, 2.45) is 0 Å². The molecule has 0 bridgehead atoms. The highest BCUT2D eigenvalue weighted by Crippen LogP contribution is 2.14. The van der Waals surface area contributed by atoms with Gasteiger partial charge in [-0.3, -0.25) is 14.0 Å². The molecule has 118 valence electrons. The Labute approximate surface area is 130 Å². The number of aryl methyl sites for hydroxylation is 1. The minimum Gasteiger partial charge on any atom is -0.351 e. The summed E-state index contributed by atoms with van der Waals surface area (Å²) in [5, 5.41) is 2.91. The number of nitrogens with one attached hydrogen (secondary N) is 1. The van der Waals surface area contributed by atoms with Gasteiger partial charge in [-0.25, -0.2) is 4.98 Å². The van der Waals surface area contributed by atoms with E-state index in [4.69, 9.17) is 0 Å². The highest BCUT2D eigenvalue weighted by atomic mass is 16.1. The third-order valence-corrected chi connectivity index (χ3v) is 3.84. The zero-order chi connectivity index (χ0) is 16.1. The van der Waals surface area contributed by atoms with Crippen LogP contribution in [-0.4, -0.2) is 52.7 Å². The first-order chi connectivity index (χ1) is 10.6. The third-order valence-electron chi connectivity index (χ3n) is 3.84. The van der Waals surface area contributed by atoms with Crippen molar-refractivity contribution in [1.29, 1.82) is 0 Å². The molecule has 0 aliphatic heterocycles. The highest BCUT2D eigenvalue weighted by Gasteiger charge is 2.15. The van der Waals surface area contributed by atoms with Crippen LogP contribution in [0.4, 0.5) is 0 Å². The second kappa shape index (κ2) is 7.17. The van der Waals surface area contributed by atoms with E-state index in [1.54, 1.807) is 29.7 Å². The number of hydrogen-bond acceptors (Lipinski definition) is 4. The van der Waals surface area contributed by atoms with Gasteiger partial charge in [-0.1, -0.05) is 13.8 Å². The number of carbonyl (C=O) groups is 2.